The summed E-state index contributed by atoms with van der Waals surface area (Å²) in [7, 11) is -3.06. The molecule has 1 aliphatic rings. The maximum Gasteiger partial charge on any atom is 0.150 e. The first-order chi connectivity index (χ1) is 8.37. The number of aliphatic hydroxyl groups excluding tert-OH is 3. The molecule has 6 nitrogen and oxygen atoms in total. The van der Waals surface area contributed by atoms with Gasteiger partial charge in [0.15, 0.2) is 0 Å². The molecule has 0 saturated heterocycles. The van der Waals surface area contributed by atoms with Crippen molar-refractivity contribution in [2.24, 2.45) is 0 Å². The predicted octanol–water partition coefficient (Wildman–Crippen LogP) is -1.35. The van der Waals surface area contributed by atoms with Gasteiger partial charge in [0, 0.05) is 12.3 Å². The first-order valence-electron chi connectivity index (χ1n) is 6.16. The van der Waals surface area contributed by atoms with E-state index in [0.29, 0.717) is 12.8 Å². The van der Waals surface area contributed by atoms with Crippen molar-refractivity contribution in [1.82, 2.24) is 5.32 Å². The van der Waals surface area contributed by atoms with Crippen LogP contribution in [0.3, 0.4) is 0 Å². The Kier molecular flexibility index (Phi) is 5.54. The molecule has 7 heteroatoms. The van der Waals surface area contributed by atoms with Gasteiger partial charge in [-0.3, -0.25) is 0 Å². The number of hydrogen-bond acceptors (Lipinski definition) is 6. The van der Waals surface area contributed by atoms with Gasteiger partial charge in [-0.05, 0) is 19.3 Å². The summed E-state index contributed by atoms with van der Waals surface area (Å²) < 4.78 is 23.1. The molecule has 0 amide bonds. The van der Waals surface area contributed by atoms with Crippen LogP contribution in [0, 0.1) is 0 Å². The Morgan fingerprint density at radius 3 is 2.17 bits per heavy atom. The van der Waals surface area contributed by atoms with Crippen molar-refractivity contribution in [3.05, 3.63) is 0 Å². The van der Waals surface area contributed by atoms with E-state index >= 15 is 0 Å². The number of nitrogens with one attached hydrogen (secondary N) is 1. The van der Waals surface area contributed by atoms with E-state index in [4.69, 9.17) is 0 Å². The molecule has 0 spiro atoms. The minimum atomic E-state index is -3.06. The predicted molar refractivity (Wildman–Crippen MR) is 68.0 cm³/mol. The molecule has 18 heavy (non-hydrogen) atoms. The van der Waals surface area contributed by atoms with Gasteiger partial charge in [0.25, 0.3) is 0 Å². The normalized spacial score (nSPS) is 26.2. The molecule has 2 unspecified atom stereocenters. The van der Waals surface area contributed by atoms with Gasteiger partial charge in [-0.2, -0.15) is 0 Å². The molecule has 0 heterocycles. The lowest BCUT2D eigenvalue weighted by Crippen LogP contribution is -2.59. The standard InChI is InChI=1S/C11H23NO5S/c1-18(16,17)10-4-2-3-9(5-10)12-11(6-13,7-14)8-15/h9-10,12-15H,2-8H2,1H3. The molecule has 4 N–H and O–H groups in total. The molecular formula is C11H23NO5S. The van der Waals surface area contributed by atoms with Crippen LogP contribution < -0.4 is 5.32 Å². The Balaban J connectivity index is 2.67. The van der Waals surface area contributed by atoms with Gasteiger partial charge in [0.2, 0.25) is 0 Å². The summed E-state index contributed by atoms with van der Waals surface area (Å²) in [6, 6.07) is -0.107. The topological polar surface area (TPSA) is 107 Å². The Hall–Kier alpha value is -0.210. The second-order valence-electron chi connectivity index (χ2n) is 5.21. The summed E-state index contributed by atoms with van der Waals surface area (Å²) in [6.07, 6.45) is 3.92. The Labute approximate surface area is 108 Å². The summed E-state index contributed by atoms with van der Waals surface area (Å²) in [5, 5.41) is 30.3. The fourth-order valence-electron chi connectivity index (χ4n) is 2.38. The molecule has 108 valence electrons. The van der Waals surface area contributed by atoms with Crippen LogP contribution in [0.25, 0.3) is 0 Å². The van der Waals surface area contributed by atoms with E-state index in [1.807, 2.05) is 0 Å². The van der Waals surface area contributed by atoms with E-state index in [9.17, 15) is 23.7 Å². The molecule has 0 aromatic heterocycles. The lowest BCUT2D eigenvalue weighted by Gasteiger charge is -2.37. The first kappa shape index (κ1) is 15.8. The fraction of sp³-hybridized carbons (Fsp3) is 1.00. The van der Waals surface area contributed by atoms with Crippen LogP contribution >= 0.6 is 0 Å². The average molecular weight is 281 g/mol. The monoisotopic (exact) mass is 281 g/mol. The Morgan fingerprint density at radius 1 is 1.17 bits per heavy atom. The summed E-state index contributed by atoms with van der Waals surface area (Å²) in [4.78, 5) is 0. The van der Waals surface area contributed by atoms with Crippen molar-refractivity contribution in [1.29, 1.82) is 0 Å². The van der Waals surface area contributed by atoms with Gasteiger partial charge in [-0.15, -0.1) is 0 Å². The van der Waals surface area contributed by atoms with Crippen LogP contribution in [-0.4, -0.2) is 66.6 Å². The van der Waals surface area contributed by atoms with Crippen LogP contribution in [0.2, 0.25) is 0 Å². The minimum absolute atomic E-state index is 0.107. The summed E-state index contributed by atoms with van der Waals surface area (Å²) in [6.45, 7) is -1.17. The Bertz CT molecular complexity index is 344. The van der Waals surface area contributed by atoms with Crippen LogP contribution in [-0.2, 0) is 9.84 Å². The molecule has 0 aromatic carbocycles. The van der Waals surface area contributed by atoms with Crippen LogP contribution in [0.5, 0.6) is 0 Å². The molecule has 1 saturated carbocycles. The maximum atomic E-state index is 11.5. The largest absolute Gasteiger partial charge is 0.394 e. The van der Waals surface area contributed by atoms with E-state index in [1.165, 1.54) is 6.26 Å². The SMILES string of the molecule is CS(=O)(=O)C1CCCC(NC(CO)(CO)CO)C1. The highest BCUT2D eigenvalue weighted by Crippen LogP contribution is 2.25. The second kappa shape index (κ2) is 6.29. The van der Waals surface area contributed by atoms with Crippen molar-refractivity contribution >= 4 is 9.84 Å². The van der Waals surface area contributed by atoms with E-state index in [-0.39, 0.29) is 31.1 Å². The molecular weight excluding hydrogens is 258 g/mol. The zero-order valence-corrected chi connectivity index (χ0v) is 11.5. The van der Waals surface area contributed by atoms with E-state index in [2.05, 4.69) is 5.32 Å². The smallest absolute Gasteiger partial charge is 0.150 e. The molecule has 2 atom stereocenters. The van der Waals surface area contributed by atoms with Crippen LogP contribution in [0.4, 0.5) is 0 Å². The van der Waals surface area contributed by atoms with Gasteiger partial charge in [-0.25, -0.2) is 8.42 Å². The van der Waals surface area contributed by atoms with E-state index < -0.39 is 15.4 Å². The molecule has 1 aliphatic carbocycles. The van der Waals surface area contributed by atoms with Crippen molar-refractivity contribution in [2.45, 2.75) is 42.5 Å². The number of aliphatic hydroxyl groups is 3. The van der Waals surface area contributed by atoms with Crippen molar-refractivity contribution in [2.75, 3.05) is 26.1 Å². The van der Waals surface area contributed by atoms with Gasteiger partial charge in [0.1, 0.15) is 9.84 Å². The average Bonchev–Trinajstić information content (AvgIpc) is 2.35. The Morgan fingerprint density at radius 2 is 1.72 bits per heavy atom. The van der Waals surface area contributed by atoms with E-state index in [1.54, 1.807) is 0 Å². The van der Waals surface area contributed by atoms with Crippen molar-refractivity contribution < 1.29 is 23.7 Å². The number of rotatable bonds is 6. The lowest BCUT2D eigenvalue weighted by molar-refractivity contribution is 0.0307. The van der Waals surface area contributed by atoms with Crippen LogP contribution in [0.15, 0.2) is 0 Å². The van der Waals surface area contributed by atoms with Crippen molar-refractivity contribution in [3.8, 4) is 0 Å². The van der Waals surface area contributed by atoms with Gasteiger partial charge in [0.05, 0.1) is 30.6 Å². The number of hydrogen-bond donors (Lipinski definition) is 4. The van der Waals surface area contributed by atoms with Gasteiger partial charge < -0.3 is 20.6 Å². The second-order valence-corrected chi connectivity index (χ2v) is 7.54. The maximum absolute atomic E-state index is 11.5. The number of sulfone groups is 1. The zero-order chi connectivity index (χ0) is 13.8. The summed E-state index contributed by atoms with van der Waals surface area (Å²) >= 11 is 0. The molecule has 0 aliphatic heterocycles. The highest BCUT2D eigenvalue weighted by molar-refractivity contribution is 7.91. The summed E-state index contributed by atoms with van der Waals surface area (Å²) in [5.41, 5.74) is -1.13. The third kappa shape index (κ3) is 3.89. The highest BCUT2D eigenvalue weighted by Gasteiger charge is 2.35. The quantitative estimate of drug-likeness (QED) is 0.479. The lowest BCUT2D eigenvalue weighted by atomic mass is 9.91. The first-order valence-corrected chi connectivity index (χ1v) is 8.11. The fourth-order valence-corrected chi connectivity index (χ4v) is 3.56. The molecule has 0 aromatic rings. The highest BCUT2D eigenvalue weighted by atomic mass is 32.2. The minimum Gasteiger partial charge on any atom is -0.394 e. The van der Waals surface area contributed by atoms with Gasteiger partial charge in [-0.1, -0.05) is 6.42 Å². The van der Waals surface area contributed by atoms with Gasteiger partial charge >= 0.3 is 0 Å². The third-order valence-electron chi connectivity index (χ3n) is 3.65. The molecule has 0 bridgehead atoms. The van der Waals surface area contributed by atoms with Crippen LogP contribution in [0.1, 0.15) is 25.7 Å². The zero-order valence-electron chi connectivity index (χ0n) is 10.7. The molecule has 1 rings (SSSR count). The molecule has 1 fully saturated rings. The molecule has 0 radical (unpaired) electrons. The summed E-state index contributed by atoms with van der Waals surface area (Å²) in [5.74, 6) is 0. The van der Waals surface area contributed by atoms with Crippen molar-refractivity contribution in [3.63, 3.8) is 0 Å². The van der Waals surface area contributed by atoms with E-state index in [0.717, 1.165) is 12.8 Å². The third-order valence-corrected chi connectivity index (χ3v) is 5.29.